The Hall–Kier alpha value is -0.570. The molecule has 0 radical (unpaired) electrons. The highest BCUT2D eigenvalue weighted by atomic mass is 16.5. The van der Waals surface area contributed by atoms with Gasteiger partial charge >= 0.3 is 5.97 Å². The minimum absolute atomic E-state index is 0.0155. The maximum absolute atomic E-state index is 12.2. The van der Waals surface area contributed by atoms with Gasteiger partial charge in [-0.15, -0.1) is 0 Å². The molecule has 126 valence electrons. The van der Waals surface area contributed by atoms with Crippen molar-refractivity contribution in [1.29, 1.82) is 0 Å². The maximum atomic E-state index is 12.2. The lowest BCUT2D eigenvalue weighted by Crippen LogP contribution is -2.59. The summed E-state index contributed by atoms with van der Waals surface area (Å²) in [5, 5.41) is 11.2. The summed E-state index contributed by atoms with van der Waals surface area (Å²) >= 11 is 0. The van der Waals surface area contributed by atoms with Gasteiger partial charge in [0.15, 0.2) is 0 Å². The molecule has 0 aromatic heterocycles. The predicted molar refractivity (Wildman–Crippen MR) is 86.3 cm³/mol. The molecule has 0 heterocycles. The number of hydrogen-bond acceptors (Lipinski definition) is 3. The van der Waals surface area contributed by atoms with Gasteiger partial charge in [0, 0.05) is 5.41 Å². The molecule has 0 aromatic carbocycles. The van der Waals surface area contributed by atoms with Gasteiger partial charge < -0.3 is 9.84 Å². The molecular weight excluding hydrogens is 276 g/mol. The van der Waals surface area contributed by atoms with Gasteiger partial charge in [-0.1, -0.05) is 6.92 Å². The van der Waals surface area contributed by atoms with Crippen LogP contribution < -0.4 is 0 Å². The van der Waals surface area contributed by atoms with Gasteiger partial charge in [-0.05, 0) is 83.5 Å². The molecule has 4 bridgehead atoms. The summed E-state index contributed by atoms with van der Waals surface area (Å²) in [4.78, 5) is 12.2. The Balaban J connectivity index is 1.69. The van der Waals surface area contributed by atoms with Crippen LogP contribution in [0.1, 0.15) is 72.6 Å². The number of ether oxygens (including phenoxy) is 1. The quantitative estimate of drug-likeness (QED) is 0.783. The number of esters is 1. The molecule has 0 amide bonds. The molecule has 1 unspecified atom stereocenters. The number of aliphatic hydroxyl groups is 1. The molecule has 22 heavy (non-hydrogen) atoms. The van der Waals surface area contributed by atoms with E-state index in [1.807, 2.05) is 27.7 Å². The Bertz CT molecular complexity index is 414. The van der Waals surface area contributed by atoms with E-state index in [-0.39, 0.29) is 18.0 Å². The molecule has 3 nitrogen and oxygen atoms in total. The fraction of sp³-hybridized carbons (Fsp3) is 0.947. The topological polar surface area (TPSA) is 46.5 Å². The predicted octanol–water partition coefficient (Wildman–Crippen LogP) is 3.93. The lowest BCUT2D eigenvalue weighted by molar-refractivity contribution is -0.200. The number of carbonyl (C=O) groups excluding carboxylic acids is 1. The highest BCUT2D eigenvalue weighted by molar-refractivity contribution is 5.75. The Morgan fingerprint density at radius 1 is 1.09 bits per heavy atom. The molecule has 4 saturated carbocycles. The summed E-state index contributed by atoms with van der Waals surface area (Å²) in [5.74, 6) is 2.20. The fourth-order valence-electron chi connectivity index (χ4n) is 5.47. The molecule has 4 rings (SSSR count). The zero-order valence-corrected chi connectivity index (χ0v) is 14.7. The smallest absolute Gasteiger partial charge is 0.311 e. The first-order valence-electron chi connectivity index (χ1n) is 9.07. The van der Waals surface area contributed by atoms with E-state index < -0.39 is 11.0 Å². The van der Waals surface area contributed by atoms with E-state index in [9.17, 15) is 9.90 Å². The van der Waals surface area contributed by atoms with Gasteiger partial charge in [-0.25, -0.2) is 0 Å². The molecule has 1 atom stereocenters. The Labute approximate surface area is 134 Å². The van der Waals surface area contributed by atoms with Crippen LogP contribution in [-0.4, -0.2) is 23.3 Å². The lowest BCUT2D eigenvalue weighted by Gasteiger charge is -2.61. The van der Waals surface area contributed by atoms with Crippen LogP contribution in [0.15, 0.2) is 0 Å². The number of hydrogen-bond donors (Lipinski definition) is 1. The van der Waals surface area contributed by atoms with Crippen LogP contribution in [0.25, 0.3) is 0 Å². The first-order valence-corrected chi connectivity index (χ1v) is 9.07. The van der Waals surface area contributed by atoms with Crippen LogP contribution in [0.2, 0.25) is 0 Å². The van der Waals surface area contributed by atoms with Crippen molar-refractivity contribution < 1.29 is 14.6 Å². The Morgan fingerprint density at radius 2 is 1.55 bits per heavy atom. The molecule has 0 aromatic rings. The summed E-state index contributed by atoms with van der Waals surface area (Å²) < 4.78 is 5.56. The van der Waals surface area contributed by atoms with Crippen LogP contribution in [0, 0.1) is 28.6 Å². The first-order chi connectivity index (χ1) is 10.2. The van der Waals surface area contributed by atoms with Crippen LogP contribution in [-0.2, 0) is 9.53 Å². The Kier molecular flexibility index (Phi) is 3.87. The third kappa shape index (κ3) is 2.60. The van der Waals surface area contributed by atoms with Crippen molar-refractivity contribution in [2.75, 3.05) is 6.61 Å². The van der Waals surface area contributed by atoms with E-state index in [0.717, 1.165) is 43.4 Å². The van der Waals surface area contributed by atoms with Crippen molar-refractivity contribution in [3.8, 4) is 0 Å². The standard InChI is InChI=1S/C19H32O3/c1-5-17(2,3)16(20)22-12-18(4,21)19-9-13-6-14(10-19)8-15(7-13)11-19/h13-15,21H,5-12H2,1-4H3. The monoisotopic (exact) mass is 308 g/mol. The first kappa shape index (κ1) is 16.3. The second-order valence-electron chi connectivity index (χ2n) is 9.29. The molecule has 0 saturated heterocycles. The maximum Gasteiger partial charge on any atom is 0.311 e. The summed E-state index contributed by atoms with van der Waals surface area (Å²) in [5.41, 5.74) is -1.36. The minimum atomic E-state index is -0.886. The highest BCUT2D eigenvalue weighted by Crippen LogP contribution is 2.63. The van der Waals surface area contributed by atoms with Gasteiger partial charge in [0.1, 0.15) is 12.2 Å². The average molecular weight is 308 g/mol. The lowest BCUT2D eigenvalue weighted by atomic mass is 9.45. The zero-order valence-electron chi connectivity index (χ0n) is 14.7. The minimum Gasteiger partial charge on any atom is -0.462 e. The molecule has 0 spiro atoms. The van der Waals surface area contributed by atoms with Crippen molar-refractivity contribution in [2.45, 2.75) is 78.2 Å². The van der Waals surface area contributed by atoms with Gasteiger partial charge in [-0.2, -0.15) is 0 Å². The van der Waals surface area contributed by atoms with E-state index in [2.05, 4.69) is 0 Å². The van der Waals surface area contributed by atoms with Crippen LogP contribution >= 0.6 is 0 Å². The molecular formula is C19H32O3. The number of carbonyl (C=O) groups is 1. The molecule has 3 heteroatoms. The SMILES string of the molecule is CCC(C)(C)C(=O)OCC(C)(O)C12CC3CC(CC(C3)C1)C2. The summed E-state index contributed by atoms with van der Waals surface area (Å²) in [6.07, 6.45) is 8.21. The molecule has 0 aliphatic heterocycles. The average Bonchev–Trinajstić information content (AvgIpc) is 2.43. The van der Waals surface area contributed by atoms with E-state index in [0.29, 0.717) is 0 Å². The molecule has 4 aliphatic carbocycles. The van der Waals surface area contributed by atoms with Crippen molar-refractivity contribution in [1.82, 2.24) is 0 Å². The third-order valence-corrected chi connectivity index (χ3v) is 7.10. The fourth-order valence-corrected chi connectivity index (χ4v) is 5.47. The molecule has 1 N–H and O–H groups in total. The van der Waals surface area contributed by atoms with Crippen molar-refractivity contribution >= 4 is 5.97 Å². The number of rotatable bonds is 5. The van der Waals surface area contributed by atoms with Gasteiger partial charge in [0.2, 0.25) is 0 Å². The van der Waals surface area contributed by atoms with E-state index in [1.54, 1.807) is 0 Å². The molecule has 4 aliphatic rings. The van der Waals surface area contributed by atoms with Gasteiger partial charge in [0.25, 0.3) is 0 Å². The zero-order chi connectivity index (χ0) is 16.2. The highest BCUT2D eigenvalue weighted by Gasteiger charge is 2.58. The van der Waals surface area contributed by atoms with Crippen molar-refractivity contribution in [3.05, 3.63) is 0 Å². The second kappa shape index (κ2) is 5.22. The summed E-state index contributed by atoms with van der Waals surface area (Å²) in [7, 11) is 0. The normalized spacial score (nSPS) is 39.6. The van der Waals surface area contributed by atoms with Crippen molar-refractivity contribution in [3.63, 3.8) is 0 Å². The van der Waals surface area contributed by atoms with E-state index in [4.69, 9.17) is 4.74 Å². The van der Waals surface area contributed by atoms with Crippen molar-refractivity contribution in [2.24, 2.45) is 28.6 Å². The third-order valence-electron chi connectivity index (χ3n) is 7.10. The van der Waals surface area contributed by atoms with Gasteiger partial charge in [-0.3, -0.25) is 4.79 Å². The van der Waals surface area contributed by atoms with Crippen LogP contribution in [0.3, 0.4) is 0 Å². The second-order valence-corrected chi connectivity index (χ2v) is 9.29. The summed E-state index contributed by atoms with van der Waals surface area (Å²) in [6.45, 7) is 7.88. The van der Waals surface area contributed by atoms with Gasteiger partial charge in [0.05, 0.1) is 5.41 Å². The molecule has 4 fully saturated rings. The largest absolute Gasteiger partial charge is 0.462 e. The Morgan fingerprint density at radius 3 is 1.95 bits per heavy atom. The summed E-state index contributed by atoms with van der Waals surface area (Å²) in [6, 6.07) is 0. The van der Waals surface area contributed by atoms with E-state index >= 15 is 0 Å². The van der Waals surface area contributed by atoms with E-state index in [1.165, 1.54) is 19.3 Å². The van der Waals surface area contributed by atoms with Crippen LogP contribution in [0.5, 0.6) is 0 Å². The van der Waals surface area contributed by atoms with Crippen LogP contribution in [0.4, 0.5) is 0 Å².